The molecular weight excluding hydrogens is 214 g/mol. The van der Waals surface area contributed by atoms with Crippen LogP contribution in [-0.4, -0.2) is 6.21 Å². The van der Waals surface area contributed by atoms with Crippen molar-refractivity contribution in [3.63, 3.8) is 0 Å². The third-order valence-corrected chi connectivity index (χ3v) is 2.69. The SMILES string of the molecule is Cc1ccc(C=Nc2ccccc2S)cc1. The first-order valence-corrected chi connectivity index (χ1v) is 5.59. The number of hydrogen-bond donors (Lipinski definition) is 1. The van der Waals surface area contributed by atoms with Crippen LogP contribution in [0.1, 0.15) is 11.1 Å². The zero-order chi connectivity index (χ0) is 11.4. The fourth-order valence-corrected chi connectivity index (χ4v) is 1.59. The molecule has 2 aromatic rings. The van der Waals surface area contributed by atoms with Crippen LogP contribution in [0, 0.1) is 6.92 Å². The summed E-state index contributed by atoms with van der Waals surface area (Å²) < 4.78 is 0. The van der Waals surface area contributed by atoms with Crippen molar-refractivity contribution in [2.75, 3.05) is 0 Å². The summed E-state index contributed by atoms with van der Waals surface area (Å²) in [5.74, 6) is 0. The second-order valence-electron chi connectivity index (χ2n) is 3.66. The summed E-state index contributed by atoms with van der Waals surface area (Å²) in [5, 5.41) is 0. The van der Waals surface area contributed by atoms with Crippen LogP contribution >= 0.6 is 12.6 Å². The summed E-state index contributed by atoms with van der Waals surface area (Å²) in [6, 6.07) is 16.1. The molecule has 0 radical (unpaired) electrons. The van der Waals surface area contributed by atoms with Crippen LogP contribution in [0.3, 0.4) is 0 Å². The van der Waals surface area contributed by atoms with Gasteiger partial charge in [0.25, 0.3) is 0 Å². The van der Waals surface area contributed by atoms with Crippen LogP contribution in [0.15, 0.2) is 58.4 Å². The second kappa shape index (κ2) is 4.99. The Morgan fingerprint density at radius 2 is 1.69 bits per heavy atom. The monoisotopic (exact) mass is 227 g/mol. The van der Waals surface area contributed by atoms with Crippen molar-refractivity contribution in [3.8, 4) is 0 Å². The van der Waals surface area contributed by atoms with E-state index in [-0.39, 0.29) is 0 Å². The van der Waals surface area contributed by atoms with Crippen LogP contribution in [0.25, 0.3) is 0 Å². The molecule has 0 fully saturated rings. The van der Waals surface area contributed by atoms with E-state index in [0.29, 0.717) is 0 Å². The van der Waals surface area contributed by atoms with Gasteiger partial charge in [0.05, 0.1) is 5.69 Å². The van der Waals surface area contributed by atoms with E-state index in [9.17, 15) is 0 Å². The predicted octanol–water partition coefficient (Wildman–Crippen LogP) is 4.03. The van der Waals surface area contributed by atoms with Crippen LogP contribution in [0.5, 0.6) is 0 Å². The maximum absolute atomic E-state index is 4.40. The molecule has 0 bridgehead atoms. The first kappa shape index (κ1) is 11.0. The molecule has 2 aromatic carbocycles. The lowest BCUT2D eigenvalue weighted by Gasteiger charge is -1.98. The van der Waals surface area contributed by atoms with Gasteiger partial charge in [0, 0.05) is 11.1 Å². The fourth-order valence-electron chi connectivity index (χ4n) is 1.37. The fraction of sp³-hybridized carbons (Fsp3) is 0.0714. The van der Waals surface area contributed by atoms with E-state index in [2.05, 4.69) is 48.8 Å². The Morgan fingerprint density at radius 1 is 1.00 bits per heavy atom. The van der Waals surface area contributed by atoms with Crippen molar-refractivity contribution < 1.29 is 0 Å². The van der Waals surface area contributed by atoms with Gasteiger partial charge < -0.3 is 0 Å². The minimum atomic E-state index is 0.894. The molecular formula is C14H13NS. The number of rotatable bonds is 2. The lowest BCUT2D eigenvalue weighted by Crippen LogP contribution is -1.80. The molecule has 0 saturated carbocycles. The largest absolute Gasteiger partial charge is 0.255 e. The molecule has 16 heavy (non-hydrogen) atoms. The van der Waals surface area contributed by atoms with Crippen molar-refractivity contribution >= 4 is 24.5 Å². The van der Waals surface area contributed by atoms with Gasteiger partial charge in [-0.25, -0.2) is 0 Å². The highest BCUT2D eigenvalue weighted by Crippen LogP contribution is 2.21. The van der Waals surface area contributed by atoms with Crippen molar-refractivity contribution in [2.45, 2.75) is 11.8 Å². The molecule has 0 saturated heterocycles. The van der Waals surface area contributed by atoms with Crippen LogP contribution in [0.2, 0.25) is 0 Å². The topological polar surface area (TPSA) is 12.4 Å². The van der Waals surface area contributed by atoms with Gasteiger partial charge in [0.15, 0.2) is 0 Å². The molecule has 0 aliphatic heterocycles. The van der Waals surface area contributed by atoms with Crippen LogP contribution in [-0.2, 0) is 0 Å². The van der Waals surface area contributed by atoms with Gasteiger partial charge in [-0.2, -0.15) is 0 Å². The van der Waals surface area contributed by atoms with E-state index in [1.54, 1.807) is 0 Å². The normalized spacial score (nSPS) is 10.9. The number of para-hydroxylation sites is 1. The summed E-state index contributed by atoms with van der Waals surface area (Å²) in [5.41, 5.74) is 3.25. The molecule has 0 heterocycles. The first-order valence-electron chi connectivity index (χ1n) is 5.14. The zero-order valence-corrected chi connectivity index (χ0v) is 9.99. The Labute approximate surface area is 101 Å². The number of benzene rings is 2. The number of aryl methyl sites for hydroxylation is 1. The van der Waals surface area contributed by atoms with Gasteiger partial charge in [-0.15, -0.1) is 12.6 Å². The standard InChI is InChI=1S/C14H13NS/c1-11-6-8-12(9-7-11)10-15-13-4-2-3-5-14(13)16/h2-10,16H,1H3. The lowest BCUT2D eigenvalue weighted by atomic mass is 10.2. The van der Waals surface area contributed by atoms with Crippen molar-refractivity contribution in [3.05, 3.63) is 59.7 Å². The minimum absolute atomic E-state index is 0.894. The minimum Gasteiger partial charge on any atom is -0.255 e. The Hall–Kier alpha value is -1.54. The average Bonchev–Trinajstić information content (AvgIpc) is 2.30. The van der Waals surface area contributed by atoms with Gasteiger partial charge in [0.2, 0.25) is 0 Å². The summed E-state index contributed by atoms with van der Waals surface area (Å²) in [7, 11) is 0. The molecule has 0 spiro atoms. The molecule has 2 rings (SSSR count). The molecule has 2 heteroatoms. The lowest BCUT2D eigenvalue weighted by molar-refractivity contribution is 1.39. The number of hydrogen-bond acceptors (Lipinski definition) is 2. The summed E-state index contributed by atoms with van der Waals surface area (Å²) in [6.07, 6.45) is 1.86. The number of thiol groups is 1. The summed E-state index contributed by atoms with van der Waals surface area (Å²) >= 11 is 4.35. The smallest absolute Gasteiger partial charge is 0.0763 e. The Balaban J connectivity index is 2.21. The van der Waals surface area contributed by atoms with Gasteiger partial charge in [-0.3, -0.25) is 4.99 Å². The predicted molar refractivity (Wildman–Crippen MR) is 72.1 cm³/mol. The molecule has 1 nitrogen and oxygen atoms in total. The Morgan fingerprint density at radius 3 is 2.38 bits per heavy atom. The van der Waals surface area contributed by atoms with E-state index in [1.165, 1.54) is 5.56 Å². The molecule has 0 aromatic heterocycles. The number of nitrogens with zero attached hydrogens (tertiary/aromatic N) is 1. The number of aliphatic imine (C=N–C) groups is 1. The molecule has 0 aliphatic rings. The third-order valence-electron chi connectivity index (χ3n) is 2.31. The van der Waals surface area contributed by atoms with Gasteiger partial charge in [0.1, 0.15) is 0 Å². The van der Waals surface area contributed by atoms with Crippen LogP contribution < -0.4 is 0 Å². The van der Waals surface area contributed by atoms with Gasteiger partial charge >= 0.3 is 0 Å². The zero-order valence-electron chi connectivity index (χ0n) is 9.09. The van der Waals surface area contributed by atoms with E-state index in [4.69, 9.17) is 0 Å². The molecule has 80 valence electrons. The highest BCUT2D eigenvalue weighted by molar-refractivity contribution is 7.80. The highest BCUT2D eigenvalue weighted by Gasteiger charge is 1.93. The third kappa shape index (κ3) is 2.74. The van der Waals surface area contributed by atoms with E-state index < -0.39 is 0 Å². The maximum Gasteiger partial charge on any atom is 0.0763 e. The summed E-state index contributed by atoms with van der Waals surface area (Å²) in [4.78, 5) is 5.30. The average molecular weight is 227 g/mol. The molecule has 0 amide bonds. The van der Waals surface area contributed by atoms with Gasteiger partial charge in [-0.1, -0.05) is 42.0 Å². The van der Waals surface area contributed by atoms with E-state index in [1.807, 2.05) is 30.5 Å². The highest BCUT2D eigenvalue weighted by atomic mass is 32.1. The molecule has 0 aliphatic carbocycles. The van der Waals surface area contributed by atoms with Crippen molar-refractivity contribution in [2.24, 2.45) is 4.99 Å². The maximum atomic E-state index is 4.40. The molecule has 0 unspecified atom stereocenters. The Kier molecular flexibility index (Phi) is 3.42. The van der Waals surface area contributed by atoms with Gasteiger partial charge in [-0.05, 0) is 24.6 Å². The summed E-state index contributed by atoms with van der Waals surface area (Å²) in [6.45, 7) is 2.07. The van der Waals surface area contributed by atoms with Crippen molar-refractivity contribution in [1.82, 2.24) is 0 Å². The Bertz CT molecular complexity index is 500. The molecule has 0 atom stereocenters. The van der Waals surface area contributed by atoms with E-state index in [0.717, 1.165) is 16.1 Å². The second-order valence-corrected chi connectivity index (χ2v) is 4.14. The van der Waals surface area contributed by atoms with Crippen LogP contribution in [0.4, 0.5) is 5.69 Å². The van der Waals surface area contributed by atoms with E-state index >= 15 is 0 Å². The quantitative estimate of drug-likeness (QED) is 0.587. The molecule has 0 N–H and O–H groups in total. The first-order chi connectivity index (χ1) is 7.75. The van der Waals surface area contributed by atoms with Crippen molar-refractivity contribution in [1.29, 1.82) is 0 Å².